The number of aryl methyl sites for hydroxylation is 1. The SMILES string of the molecule is Cc1oc(-c2ccccc2)nc1CN1C(=O)SC(=Cc2cccs2)C1=O. The zero-order valence-electron chi connectivity index (χ0n) is 13.8. The number of carbonyl (C=O) groups is 2. The van der Waals surface area contributed by atoms with Gasteiger partial charge in [0.2, 0.25) is 5.89 Å². The van der Waals surface area contributed by atoms with Gasteiger partial charge in [0.15, 0.2) is 0 Å². The molecule has 5 nitrogen and oxygen atoms in total. The van der Waals surface area contributed by atoms with Crippen LogP contribution in [-0.2, 0) is 11.3 Å². The first-order chi connectivity index (χ1) is 12.6. The van der Waals surface area contributed by atoms with Gasteiger partial charge in [-0.1, -0.05) is 24.3 Å². The van der Waals surface area contributed by atoms with Gasteiger partial charge < -0.3 is 4.42 Å². The van der Waals surface area contributed by atoms with Crippen molar-refractivity contribution in [2.45, 2.75) is 13.5 Å². The Hall–Kier alpha value is -2.64. The van der Waals surface area contributed by atoms with Gasteiger partial charge in [-0.15, -0.1) is 11.3 Å². The van der Waals surface area contributed by atoms with Crippen molar-refractivity contribution in [2.24, 2.45) is 0 Å². The van der Waals surface area contributed by atoms with Crippen molar-refractivity contribution in [1.29, 1.82) is 0 Å². The van der Waals surface area contributed by atoms with Crippen LogP contribution in [0, 0.1) is 6.92 Å². The van der Waals surface area contributed by atoms with Gasteiger partial charge in [-0.25, -0.2) is 4.98 Å². The van der Waals surface area contributed by atoms with Crippen LogP contribution in [0.25, 0.3) is 17.5 Å². The van der Waals surface area contributed by atoms with E-state index in [0.29, 0.717) is 22.3 Å². The molecule has 0 spiro atoms. The lowest BCUT2D eigenvalue weighted by Gasteiger charge is -2.10. The Morgan fingerprint density at radius 2 is 1.96 bits per heavy atom. The standard InChI is InChI=1S/C19H14N2O3S2/c1-12-15(20-17(24-12)13-6-3-2-4-7-13)11-21-18(22)16(26-19(21)23)10-14-8-5-9-25-14/h2-10H,11H2,1H3. The van der Waals surface area contributed by atoms with Crippen molar-refractivity contribution in [3.05, 3.63) is 69.1 Å². The van der Waals surface area contributed by atoms with Crippen molar-refractivity contribution in [2.75, 3.05) is 0 Å². The fourth-order valence-corrected chi connectivity index (χ4v) is 4.13. The molecule has 1 saturated heterocycles. The number of amides is 2. The first-order valence-corrected chi connectivity index (χ1v) is 9.62. The molecule has 1 aliphatic heterocycles. The van der Waals surface area contributed by atoms with Crippen molar-refractivity contribution in [3.8, 4) is 11.5 Å². The van der Waals surface area contributed by atoms with Crippen LogP contribution in [0.4, 0.5) is 4.79 Å². The summed E-state index contributed by atoms with van der Waals surface area (Å²) in [6.07, 6.45) is 1.75. The molecular weight excluding hydrogens is 368 g/mol. The van der Waals surface area contributed by atoms with E-state index in [9.17, 15) is 9.59 Å². The first kappa shape index (κ1) is 16.8. The number of oxazole rings is 1. The second-order valence-corrected chi connectivity index (χ2v) is 7.64. The molecule has 1 fully saturated rings. The summed E-state index contributed by atoms with van der Waals surface area (Å²) < 4.78 is 5.71. The van der Waals surface area contributed by atoms with E-state index in [1.165, 1.54) is 16.2 Å². The molecule has 0 N–H and O–H groups in total. The van der Waals surface area contributed by atoms with Crippen molar-refractivity contribution in [3.63, 3.8) is 0 Å². The highest BCUT2D eigenvalue weighted by Crippen LogP contribution is 2.34. The van der Waals surface area contributed by atoms with Crippen molar-refractivity contribution < 1.29 is 14.0 Å². The van der Waals surface area contributed by atoms with Crippen LogP contribution >= 0.6 is 23.1 Å². The molecule has 3 aromatic rings. The zero-order chi connectivity index (χ0) is 18.1. The summed E-state index contributed by atoms with van der Waals surface area (Å²) in [7, 11) is 0. The second kappa shape index (κ2) is 6.93. The predicted octanol–water partition coefficient (Wildman–Crippen LogP) is 4.95. The number of rotatable bonds is 4. The van der Waals surface area contributed by atoms with Crippen LogP contribution in [-0.4, -0.2) is 21.0 Å². The van der Waals surface area contributed by atoms with Crippen LogP contribution < -0.4 is 0 Å². The van der Waals surface area contributed by atoms with Gasteiger partial charge in [0.1, 0.15) is 11.5 Å². The highest BCUT2D eigenvalue weighted by atomic mass is 32.2. The predicted molar refractivity (Wildman–Crippen MR) is 103 cm³/mol. The second-order valence-electron chi connectivity index (χ2n) is 5.67. The summed E-state index contributed by atoms with van der Waals surface area (Å²) in [4.78, 5) is 31.9. The summed E-state index contributed by atoms with van der Waals surface area (Å²) >= 11 is 2.48. The third-order valence-corrected chi connectivity index (χ3v) is 5.64. The van der Waals surface area contributed by atoms with Gasteiger partial charge in [0, 0.05) is 10.4 Å². The Labute approximate surface area is 158 Å². The fraction of sp³-hybridized carbons (Fsp3) is 0.105. The number of thioether (sulfide) groups is 1. The summed E-state index contributed by atoms with van der Waals surface area (Å²) in [5.41, 5.74) is 1.44. The molecule has 2 amide bonds. The van der Waals surface area contributed by atoms with Crippen LogP contribution in [0.15, 0.2) is 57.2 Å². The van der Waals surface area contributed by atoms with Gasteiger partial charge in [0.05, 0.1) is 11.4 Å². The number of hydrogen-bond acceptors (Lipinski definition) is 6. The Morgan fingerprint density at radius 1 is 1.15 bits per heavy atom. The molecule has 0 radical (unpaired) electrons. The van der Waals surface area contributed by atoms with Crippen LogP contribution in [0.1, 0.15) is 16.3 Å². The normalized spacial score (nSPS) is 16.0. The highest BCUT2D eigenvalue weighted by Gasteiger charge is 2.36. The summed E-state index contributed by atoms with van der Waals surface area (Å²) in [6, 6.07) is 13.3. The Kier molecular flexibility index (Phi) is 4.48. The van der Waals surface area contributed by atoms with Gasteiger partial charge in [-0.2, -0.15) is 0 Å². The fourth-order valence-electron chi connectivity index (χ4n) is 2.57. The average molecular weight is 382 g/mol. The maximum Gasteiger partial charge on any atom is 0.293 e. The molecule has 26 heavy (non-hydrogen) atoms. The lowest BCUT2D eigenvalue weighted by molar-refractivity contribution is -0.123. The molecule has 0 saturated carbocycles. The van der Waals surface area contributed by atoms with E-state index < -0.39 is 0 Å². The minimum absolute atomic E-state index is 0.106. The molecule has 1 aliphatic rings. The van der Waals surface area contributed by atoms with Crippen LogP contribution in [0.3, 0.4) is 0 Å². The quantitative estimate of drug-likeness (QED) is 0.598. The number of imide groups is 1. The molecule has 0 unspecified atom stereocenters. The van der Waals surface area contributed by atoms with Gasteiger partial charge in [-0.3, -0.25) is 14.5 Å². The van der Waals surface area contributed by atoms with Crippen LogP contribution in [0.2, 0.25) is 0 Å². The molecule has 0 bridgehead atoms. The van der Waals surface area contributed by atoms with E-state index >= 15 is 0 Å². The first-order valence-electron chi connectivity index (χ1n) is 7.92. The number of hydrogen-bond donors (Lipinski definition) is 0. The Bertz CT molecular complexity index is 991. The summed E-state index contributed by atoms with van der Waals surface area (Å²) in [5.74, 6) is 0.793. The molecule has 0 atom stereocenters. The Balaban J connectivity index is 1.57. The zero-order valence-corrected chi connectivity index (χ0v) is 15.5. The number of carbonyl (C=O) groups excluding carboxylic acids is 2. The Morgan fingerprint density at radius 3 is 2.69 bits per heavy atom. The smallest absolute Gasteiger partial charge is 0.293 e. The molecule has 0 aliphatic carbocycles. The molecule has 2 aromatic heterocycles. The molecule has 4 rings (SSSR count). The van der Waals surface area contributed by atoms with Crippen LogP contribution in [0.5, 0.6) is 0 Å². The van der Waals surface area contributed by atoms with Crippen molar-refractivity contribution >= 4 is 40.3 Å². The van der Waals surface area contributed by atoms with Gasteiger partial charge in [0.25, 0.3) is 11.1 Å². The highest BCUT2D eigenvalue weighted by molar-refractivity contribution is 8.18. The molecule has 7 heteroatoms. The number of aromatic nitrogens is 1. The van der Waals surface area contributed by atoms with Crippen molar-refractivity contribution in [1.82, 2.24) is 9.88 Å². The minimum Gasteiger partial charge on any atom is -0.441 e. The van der Waals surface area contributed by atoms with Gasteiger partial charge >= 0.3 is 0 Å². The number of thiophene rings is 1. The van der Waals surface area contributed by atoms with E-state index in [2.05, 4.69) is 4.98 Å². The molecule has 1 aromatic carbocycles. The third-order valence-electron chi connectivity index (χ3n) is 3.91. The maximum atomic E-state index is 12.6. The van der Waals surface area contributed by atoms with Gasteiger partial charge in [-0.05, 0) is 48.3 Å². The van der Waals surface area contributed by atoms with E-state index in [0.717, 1.165) is 22.2 Å². The maximum absolute atomic E-state index is 12.6. The summed E-state index contributed by atoms with van der Waals surface area (Å²) in [5, 5.41) is 1.64. The largest absolute Gasteiger partial charge is 0.441 e. The average Bonchev–Trinajstić information content (AvgIpc) is 3.34. The number of benzene rings is 1. The molecule has 130 valence electrons. The molecular formula is C19H14N2O3S2. The van der Waals surface area contributed by atoms with E-state index in [4.69, 9.17) is 4.42 Å². The number of nitrogens with zero attached hydrogens (tertiary/aromatic N) is 2. The molecule has 3 heterocycles. The lowest BCUT2D eigenvalue weighted by Crippen LogP contribution is -2.28. The van der Waals surface area contributed by atoms with E-state index in [1.807, 2.05) is 47.8 Å². The minimum atomic E-state index is -0.294. The van der Waals surface area contributed by atoms with E-state index in [1.54, 1.807) is 13.0 Å². The third kappa shape index (κ3) is 3.23. The summed E-state index contributed by atoms with van der Waals surface area (Å²) in [6.45, 7) is 1.89. The lowest BCUT2D eigenvalue weighted by atomic mass is 10.2. The topological polar surface area (TPSA) is 63.4 Å². The van der Waals surface area contributed by atoms with E-state index in [-0.39, 0.29) is 17.7 Å². The monoisotopic (exact) mass is 382 g/mol.